The molecule has 6 rings (SSSR count). The molecule has 2 N–H and O–H groups in total. The summed E-state index contributed by atoms with van der Waals surface area (Å²) in [4.78, 5) is 33.7. The minimum atomic E-state index is -1.71. The lowest BCUT2D eigenvalue weighted by atomic mass is 9.58. The number of aromatic nitrogens is 1. The normalized spacial score (nSPS) is 25.5. The fourth-order valence-corrected chi connectivity index (χ4v) is 6.43. The predicted molar refractivity (Wildman–Crippen MR) is 137 cm³/mol. The number of Topliss-reactive ketones (excluding diaryl/α,β-unsaturated/α-hetero) is 1. The molecule has 172 valence electrons. The van der Waals surface area contributed by atoms with Gasteiger partial charge in [-0.2, -0.15) is 5.26 Å². The van der Waals surface area contributed by atoms with Crippen LogP contribution in [0.5, 0.6) is 0 Å². The van der Waals surface area contributed by atoms with Crippen molar-refractivity contribution < 1.29 is 9.59 Å². The maximum Gasteiger partial charge on any atom is 0.251 e. The molecule has 2 aliphatic rings. The van der Waals surface area contributed by atoms with Crippen LogP contribution in [0.1, 0.15) is 27.4 Å². The molecule has 0 saturated carbocycles. The van der Waals surface area contributed by atoms with Crippen molar-refractivity contribution in [1.29, 1.82) is 5.26 Å². The Labute approximate surface area is 210 Å². The maximum atomic E-state index is 14.7. The first-order valence-corrected chi connectivity index (χ1v) is 12.1. The number of hydrogen-bond acceptors (Lipinski definition) is 4. The molecule has 1 amide bonds. The molecule has 3 atom stereocenters. The molecular formula is C28H21BrN4O2. The van der Waals surface area contributed by atoms with Gasteiger partial charge in [-0.25, -0.2) is 0 Å². The molecule has 0 bridgehead atoms. The van der Waals surface area contributed by atoms with E-state index in [0.29, 0.717) is 23.4 Å². The number of aromatic amines is 1. The molecule has 6 nitrogen and oxygen atoms in total. The molecule has 0 radical (unpaired) electrons. The van der Waals surface area contributed by atoms with Gasteiger partial charge in [-0.05, 0) is 36.9 Å². The number of H-pyrrole nitrogens is 1. The van der Waals surface area contributed by atoms with Gasteiger partial charge in [-0.15, -0.1) is 0 Å². The van der Waals surface area contributed by atoms with Crippen molar-refractivity contribution in [2.24, 2.45) is 5.41 Å². The summed E-state index contributed by atoms with van der Waals surface area (Å²) < 4.78 is 0.900. The Morgan fingerprint density at radius 3 is 2.57 bits per heavy atom. The predicted octanol–water partition coefficient (Wildman–Crippen LogP) is 5.20. The second-order valence-corrected chi connectivity index (χ2v) is 10.1. The fraction of sp³-hybridized carbons (Fsp3) is 0.179. The molecule has 1 aromatic heterocycles. The van der Waals surface area contributed by atoms with Crippen LogP contribution in [0.3, 0.4) is 0 Å². The van der Waals surface area contributed by atoms with Gasteiger partial charge in [0.1, 0.15) is 0 Å². The molecule has 7 heteroatoms. The van der Waals surface area contributed by atoms with E-state index in [9.17, 15) is 14.9 Å². The molecule has 0 unspecified atom stereocenters. The van der Waals surface area contributed by atoms with Gasteiger partial charge in [0.25, 0.3) is 5.91 Å². The number of nitrogens with one attached hydrogen (secondary N) is 2. The average Bonchev–Trinajstić information content (AvgIpc) is 3.51. The highest BCUT2D eigenvalue weighted by Gasteiger charge is 2.74. The number of amides is 1. The molecule has 1 fully saturated rings. The number of likely N-dealkylation sites (N-methyl/N-ethyl adjacent to an activating group) is 1. The summed E-state index contributed by atoms with van der Waals surface area (Å²) in [5.41, 5.74) is 0.151. The Bertz CT molecular complexity index is 1550. The average molecular weight is 525 g/mol. The molecule has 35 heavy (non-hydrogen) atoms. The summed E-state index contributed by atoms with van der Waals surface area (Å²) in [6.07, 6.45) is 1.66. The SMILES string of the molecule is CN1C[C@@H](c2ccc(Br)cc2)[C@](C#N)(C(=O)c2c[nH]c3ccccc23)[C@]12C(=O)Nc1ccccc12. The van der Waals surface area contributed by atoms with Crippen molar-refractivity contribution in [3.8, 4) is 6.07 Å². The monoisotopic (exact) mass is 524 g/mol. The summed E-state index contributed by atoms with van der Waals surface area (Å²) in [6, 6.07) is 25.0. The van der Waals surface area contributed by atoms with E-state index in [2.05, 4.69) is 32.3 Å². The zero-order valence-corrected chi connectivity index (χ0v) is 20.5. The number of nitrogens with zero attached hydrogens (tertiary/aromatic N) is 2. The van der Waals surface area contributed by atoms with E-state index in [1.807, 2.05) is 84.7 Å². The number of likely N-dealkylation sites (tertiary alicyclic amines) is 1. The Hall–Kier alpha value is -3.73. The van der Waals surface area contributed by atoms with E-state index in [1.165, 1.54) is 0 Å². The second kappa shape index (κ2) is 7.64. The number of nitriles is 1. The molecule has 1 saturated heterocycles. The highest BCUT2D eigenvalue weighted by molar-refractivity contribution is 9.10. The number of ketones is 1. The summed E-state index contributed by atoms with van der Waals surface area (Å²) in [6.45, 7) is 0.366. The molecule has 2 aliphatic heterocycles. The first-order valence-electron chi connectivity index (χ1n) is 11.3. The number of benzene rings is 3. The Kier molecular flexibility index (Phi) is 4.75. The second-order valence-electron chi connectivity index (χ2n) is 9.19. The standard InChI is InChI=1S/C28H21BrN4O2/c1-33-15-22(17-10-12-18(29)13-11-17)27(16-30,25(34)20-14-31-23-8-4-2-6-19(20)23)28(33)21-7-3-5-9-24(21)32-26(28)35/h2-14,22,31H,15H2,1H3,(H,32,35)/t22-,27+,28-/m0/s1. The zero-order valence-electron chi connectivity index (χ0n) is 18.9. The van der Waals surface area contributed by atoms with Crippen molar-refractivity contribution >= 4 is 44.2 Å². The fourth-order valence-electron chi connectivity index (χ4n) is 6.17. The summed E-state index contributed by atoms with van der Waals surface area (Å²) >= 11 is 3.48. The highest BCUT2D eigenvalue weighted by atomic mass is 79.9. The Morgan fingerprint density at radius 2 is 1.80 bits per heavy atom. The first kappa shape index (κ1) is 21.8. The summed E-state index contributed by atoms with van der Waals surface area (Å²) in [5.74, 6) is -1.25. The lowest BCUT2D eigenvalue weighted by Gasteiger charge is -2.41. The minimum Gasteiger partial charge on any atom is -0.360 e. The van der Waals surface area contributed by atoms with E-state index in [0.717, 1.165) is 20.9 Å². The van der Waals surface area contributed by atoms with Crippen molar-refractivity contribution in [2.75, 3.05) is 18.9 Å². The number of halogens is 1. The van der Waals surface area contributed by atoms with Crippen LogP contribution in [0.25, 0.3) is 10.9 Å². The van der Waals surface area contributed by atoms with Gasteiger partial charge in [-0.1, -0.05) is 64.5 Å². The van der Waals surface area contributed by atoms with E-state index in [-0.39, 0.29) is 11.7 Å². The van der Waals surface area contributed by atoms with E-state index in [1.54, 1.807) is 6.20 Å². The van der Waals surface area contributed by atoms with Gasteiger partial charge < -0.3 is 10.3 Å². The molecule has 3 aromatic carbocycles. The minimum absolute atomic E-state index is 0.351. The van der Waals surface area contributed by atoms with Gasteiger partial charge in [0.15, 0.2) is 16.7 Å². The third-order valence-corrected chi connectivity index (χ3v) is 8.19. The maximum absolute atomic E-state index is 14.7. The summed E-state index contributed by atoms with van der Waals surface area (Å²) in [5, 5.41) is 14.7. The first-order chi connectivity index (χ1) is 16.9. The van der Waals surface area contributed by atoms with Crippen molar-refractivity contribution in [3.05, 3.63) is 100 Å². The molecule has 1 spiro atoms. The molecular weight excluding hydrogens is 504 g/mol. The van der Waals surface area contributed by atoms with Gasteiger partial charge in [0.05, 0.1) is 6.07 Å². The highest BCUT2D eigenvalue weighted by Crippen LogP contribution is 2.63. The lowest BCUT2D eigenvalue weighted by Crippen LogP contribution is -2.58. The molecule has 0 aliphatic carbocycles. The topological polar surface area (TPSA) is 89.0 Å². The van der Waals surface area contributed by atoms with Crippen LogP contribution in [0.15, 0.2) is 83.5 Å². The lowest BCUT2D eigenvalue weighted by molar-refractivity contribution is -0.128. The van der Waals surface area contributed by atoms with Gasteiger partial charge in [0, 0.05) is 50.8 Å². The van der Waals surface area contributed by atoms with E-state index in [4.69, 9.17) is 0 Å². The third-order valence-electron chi connectivity index (χ3n) is 7.66. The number of anilines is 1. The van der Waals surface area contributed by atoms with Gasteiger partial charge >= 0.3 is 0 Å². The van der Waals surface area contributed by atoms with Crippen molar-refractivity contribution in [2.45, 2.75) is 11.5 Å². The Balaban J connectivity index is 1.68. The quantitative estimate of drug-likeness (QED) is 0.360. The third kappa shape index (κ3) is 2.67. The summed E-state index contributed by atoms with van der Waals surface area (Å²) in [7, 11) is 1.83. The number of hydrogen-bond donors (Lipinski definition) is 2. The van der Waals surface area contributed by atoms with Crippen LogP contribution in [-0.2, 0) is 10.3 Å². The number of carbonyl (C=O) groups is 2. The number of rotatable bonds is 3. The van der Waals surface area contributed by atoms with Crippen LogP contribution < -0.4 is 5.32 Å². The zero-order chi connectivity index (χ0) is 24.4. The van der Waals surface area contributed by atoms with Gasteiger partial charge in [0.2, 0.25) is 0 Å². The molecule has 3 heterocycles. The van der Waals surface area contributed by atoms with Gasteiger partial charge in [-0.3, -0.25) is 14.5 Å². The van der Waals surface area contributed by atoms with Crippen LogP contribution in [-0.4, -0.2) is 35.2 Å². The Morgan fingerprint density at radius 1 is 1.09 bits per heavy atom. The number of carbonyl (C=O) groups excluding carboxylic acids is 2. The largest absolute Gasteiger partial charge is 0.360 e. The van der Waals surface area contributed by atoms with Crippen LogP contribution >= 0.6 is 15.9 Å². The molecule has 4 aromatic rings. The van der Waals surface area contributed by atoms with Crippen molar-refractivity contribution in [3.63, 3.8) is 0 Å². The number of fused-ring (bicyclic) bond motifs is 3. The van der Waals surface area contributed by atoms with E-state index < -0.39 is 16.9 Å². The van der Waals surface area contributed by atoms with Crippen LogP contribution in [0.2, 0.25) is 0 Å². The van der Waals surface area contributed by atoms with Crippen LogP contribution in [0.4, 0.5) is 5.69 Å². The van der Waals surface area contributed by atoms with E-state index >= 15 is 0 Å². The smallest absolute Gasteiger partial charge is 0.251 e. The van der Waals surface area contributed by atoms with Crippen molar-refractivity contribution in [1.82, 2.24) is 9.88 Å². The van der Waals surface area contributed by atoms with Crippen LogP contribution in [0, 0.1) is 16.7 Å². The number of para-hydroxylation sites is 2.